The highest BCUT2D eigenvalue weighted by molar-refractivity contribution is 6.06. The van der Waals surface area contributed by atoms with Crippen molar-refractivity contribution >= 4 is 22.7 Å². The number of methoxy groups -OCH3 is 1. The van der Waals surface area contributed by atoms with Gasteiger partial charge in [-0.1, -0.05) is 54.6 Å². The molecule has 0 aliphatic rings. The lowest BCUT2D eigenvalue weighted by atomic mass is 9.97. The molecule has 5 aromatic rings. The zero-order chi connectivity index (χ0) is 28.1. The topological polar surface area (TPSA) is 102 Å². The van der Waals surface area contributed by atoms with Crippen LogP contribution in [-0.4, -0.2) is 29.3 Å². The standard InChI is InChI=1S/C33H26O7/c1-38-31-16-22(20-35)10-15-30(31)40-32(36)26-6-2-5-24(17-26)25-12-11-23-4-3-7-28(29(23)18-25)33(37)39-27-13-8-21(19-34)9-14-27/h2-18,34-35H,19-20H2,1H3. The summed E-state index contributed by atoms with van der Waals surface area (Å²) in [5.41, 5.74) is 3.67. The molecule has 0 unspecified atom stereocenters. The maximum atomic E-state index is 13.1. The number of carbonyl (C=O) groups is 2. The molecule has 0 spiro atoms. The summed E-state index contributed by atoms with van der Waals surface area (Å²) in [7, 11) is 1.46. The van der Waals surface area contributed by atoms with Gasteiger partial charge in [0.15, 0.2) is 11.5 Å². The van der Waals surface area contributed by atoms with Gasteiger partial charge in [0.1, 0.15) is 5.75 Å². The van der Waals surface area contributed by atoms with Crippen LogP contribution in [0, 0.1) is 0 Å². The number of hydrogen-bond acceptors (Lipinski definition) is 7. The second kappa shape index (κ2) is 11.8. The van der Waals surface area contributed by atoms with E-state index in [1.54, 1.807) is 72.8 Å². The van der Waals surface area contributed by atoms with Crippen LogP contribution in [0.1, 0.15) is 31.8 Å². The van der Waals surface area contributed by atoms with E-state index in [1.807, 2.05) is 30.3 Å². The third-order valence-corrected chi connectivity index (χ3v) is 6.46. The fourth-order valence-corrected chi connectivity index (χ4v) is 4.33. The number of rotatable bonds is 8. The Morgan fingerprint density at radius 1 is 0.650 bits per heavy atom. The fourth-order valence-electron chi connectivity index (χ4n) is 4.33. The van der Waals surface area contributed by atoms with E-state index < -0.39 is 11.9 Å². The minimum absolute atomic E-state index is 0.0921. The van der Waals surface area contributed by atoms with Gasteiger partial charge in [-0.05, 0) is 81.6 Å². The summed E-state index contributed by atoms with van der Waals surface area (Å²) in [4.78, 5) is 26.1. The summed E-state index contributed by atoms with van der Waals surface area (Å²) in [6.07, 6.45) is 0. The van der Waals surface area contributed by atoms with Crippen LogP contribution in [0.2, 0.25) is 0 Å². The van der Waals surface area contributed by atoms with E-state index in [1.165, 1.54) is 7.11 Å². The Morgan fingerprint density at radius 3 is 2.12 bits per heavy atom. The molecule has 0 saturated heterocycles. The lowest BCUT2D eigenvalue weighted by Crippen LogP contribution is -2.09. The molecular formula is C33H26O7. The number of fused-ring (bicyclic) bond motifs is 1. The molecule has 0 aliphatic heterocycles. The summed E-state index contributed by atoms with van der Waals surface area (Å²) in [6, 6.07) is 29.7. The first kappa shape index (κ1) is 26.6. The number of hydrogen-bond donors (Lipinski definition) is 2. The lowest BCUT2D eigenvalue weighted by molar-refractivity contribution is 0.0723. The van der Waals surface area contributed by atoms with Gasteiger partial charge in [0, 0.05) is 0 Å². The predicted octanol–water partition coefficient (Wildman–Crippen LogP) is 5.94. The van der Waals surface area contributed by atoms with Gasteiger partial charge >= 0.3 is 11.9 Å². The van der Waals surface area contributed by atoms with Crippen LogP contribution in [-0.2, 0) is 13.2 Å². The van der Waals surface area contributed by atoms with Gasteiger partial charge < -0.3 is 24.4 Å². The van der Waals surface area contributed by atoms with Crippen LogP contribution in [0.15, 0.2) is 103 Å². The van der Waals surface area contributed by atoms with E-state index in [-0.39, 0.29) is 19.0 Å². The highest BCUT2D eigenvalue weighted by atomic mass is 16.6. The summed E-state index contributed by atoms with van der Waals surface area (Å²) in [6.45, 7) is -0.249. The predicted molar refractivity (Wildman–Crippen MR) is 151 cm³/mol. The Kier molecular flexibility index (Phi) is 7.87. The zero-order valence-electron chi connectivity index (χ0n) is 21.7. The molecule has 0 fully saturated rings. The Balaban J connectivity index is 1.42. The quantitative estimate of drug-likeness (QED) is 0.188. The molecule has 0 saturated carbocycles. The van der Waals surface area contributed by atoms with Crippen molar-refractivity contribution in [2.45, 2.75) is 13.2 Å². The molecule has 5 aromatic carbocycles. The van der Waals surface area contributed by atoms with Crippen molar-refractivity contribution in [2.24, 2.45) is 0 Å². The monoisotopic (exact) mass is 534 g/mol. The molecule has 0 amide bonds. The normalized spacial score (nSPS) is 10.8. The largest absolute Gasteiger partial charge is 0.493 e. The second-order valence-electron chi connectivity index (χ2n) is 9.05. The zero-order valence-corrected chi connectivity index (χ0v) is 21.7. The molecule has 200 valence electrons. The van der Waals surface area contributed by atoms with Crippen molar-refractivity contribution in [1.29, 1.82) is 0 Å². The van der Waals surface area contributed by atoms with E-state index >= 15 is 0 Å². The van der Waals surface area contributed by atoms with Gasteiger partial charge in [0.2, 0.25) is 0 Å². The molecule has 5 rings (SSSR count). The van der Waals surface area contributed by atoms with Crippen molar-refractivity contribution < 1.29 is 34.0 Å². The van der Waals surface area contributed by atoms with E-state index in [0.717, 1.165) is 22.1 Å². The van der Waals surface area contributed by atoms with Crippen molar-refractivity contribution in [3.63, 3.8) is 0 Å². The van der Waals surface area contributed by atoms with Crippen LogP contribution in [0.4, 0.5) is 0 Å². The molecule has 40 heavy (non-hydrogen) atoms. The molecule has 0 aromatic heterocycles. The van der Waals surface area contributed by atoms with E-state index in [2.05, 4.69) is 0 Å². The summed E-state index contributed by atoms with van der Waals surface area (Å²) < 4.78 is 16.5. The number of esters is 2. The Labute approximate surface area is 230 Å². The molecule has 0 radical (unpaired) electrons. The smallest absolute Gasteiger partial charge is 0.344 e. The average molecular weight is 535 g/mol. The number of ether oxygens (including phenoxy) is 3. The maximum Gasteiger partial charge on any atom is 0.344 e. The van der Waals surface area contributed by atoms with Gasteiger partial charge in [-0.15, -0.1) is 0 Å². The van der Waals surface area contributed by atoms with Crippen LogP contribution in [0.3, 0.4) is 0 Å². The first-order valence-electron chi connectivity index (χ1n) is 12.5. The number of carbonyl (C=O) groups excluding carboxylic acids is 2. The van der Waals surface area contributed by atoms with Gasteiger partial charge in [0.25, 0.3) is 0 Å². The molecule has 0 aliphatic carbocycles. The first-order valence-corrected chi connectivity index (χ1v) is 12.5. The third kappa shape index (κ3) is 5.71. The van der Waals surface area contributed by atoms with Gasteiger partial charge in [0.05, 0.1) is 31.5 Å². The minimum Gasteiger partial charge on any atom is -0.493 e. The molecule has 7 heteroatoms. The Hall–Kier alpha value is -4.98. The Morgan fingerprint density at radius 2 is 1.38 bits per heavy atom. The summed E-state index contributed by atoms with van der Waals surface area (Å²) >= 11 is 0. The van der Waals surface area contributed by atoms with Crippen molar-refractivity contribution in [2.75, 3.05) is 7.11 Å². The highest BCUT2D eigenvalue weighted by Gasteiger charge is 2.16. The van der Waals surface area contributed by atoms with E-state index in [4.69, 9.17) is 14.2 Å². The number of aliphatic hydroxyl groups excluding tert-OH is 2. The first-order chi connectivity index (χ1) is 19.5. The van der Waals surface area contributed by atoms with E-state index in [0.29, 0.717) is 33.6 Å². The Bertz CT molecular complexity index is 1690. The van der Waals surface area contributed by atoms with E-state index in [9.17, 15) is 19.8 Å². The number of aliphatic hydroxyl groups is 2. The lowest BCUT2D eigenvalue weighted by Gasteiger charge is -2.12. The van der Waals surface area contributed by atoms with Crippen LogP contribution < -0.4 is 14.2 Å². The van der Waals surface area contributed by atoms with Crippen LogP contribution in [0.5, 0.6) is 17.2 Å². The molecule has 0 atom stereocenters. The maximum absolute atomic E-state index is 13.1. The molecule has 0 heterocycles. The fraction of sp³-hybridized carbons (Fsp3) is 0.0909. The number of benzene rings is 5. The van der Waals surface area contributed by atoms with Gasteiger partial charge in [-0.3, -0.25) is 0 Å². The van der Waals surface area contributed by atoms with Crippen molar-refractivity contribution in [3.8, 4) is 28.4 Å². The van der Waals surface area contributed by atoms with Crippen LogP contribution >= 0.6 is 0 Å². The highest BCUT2D eigenvalue weighted by Crippen LogP contribution is 2.31. The summed E-state index contributed by atoms with van der Waals surface area (Å²) in [5, 5.41) is 20.2. The molecular weight excluding hydrogens is 508 g/mol. The van der Waals surface area contributed by atoms with Crippen LogP contribution in [0.25, 0.3) is 21.9 Å². The van der Waals surface area contributed by atoms with Crippen molar-refractivity contribution in [1.82, 2.24) is 0 Å². The summed E-state index contributed by atoms with van der Waals surface area (Å²) in [5.74, 6) is -0.0966. The third-order valence-electron chi connectivity index (χ3n) is 6.46. The second-order valence-corrected chi connectivity index (χ2v) is 9.05. The molecule has 2 N–H and O–H groups in total. The van der Waals surface area contributed by atoms with Gasteiger partial charge in [-0.25, -0.2) is 9.59 Å². The molecule has 7 nitrogen and oxygen atoms in total. The minimum atomic E-state index is -0.561. The molecule has 0 bridgehead atoms. The van der Waals surface area contributed by atoms with Gasteiger partial charge in [-0.2, -0.15) is 0 Å². The average Bonchev–Trinajstić information content (AvgIpc) is 3.01. The SMILES string of the molecule is COc1cc(CO)ccc1OC(=O)c1cccc(-c2ccc3cccc(C(=O)Oc4ccc(CO)cc4)c3c2)c1. The van der Waals surface area contributed by atoms with Crippen molar-refractivity contribution in [3.05, 3.63) is 125 Å².